The minimum atomic E-state index is -0.267. The van der Waals surface area contributed by atoms with Crippen LogP contribution in [0.3, 0.4) is 0 Å². The topological polar surface area (TPSA) is 46.3 Å². The first-order valence-corrected chi connectivity index (χ1v) is 6.36. The summed E-state index contributed by atoms with van der Waals surface area (Å²) in [6, 6.07) is 6.12. The molecule has 1 atom stereocenters. The van der Waals surface area contributed by atoms with Crippen LogP contribution in [0, 0.1) is 11.7 Å². The van der Waals surface area contributed by atoms with Crippen molar-refractivity contribution >= 4 is 5.78 Å². The van der Waals surface area contributed by atoms with Gasteiger partial charge in [-0.05, 0) is 43.1 Å². The largest absolute Gasteiger partial charge is 0.330 e. The second kappa shape index (κ2) is 6.07. The molecule has 4 heteroatoms. The van der Waals surface area contributed by atoms with Crippen molar-refractivity contribution in [3.63, 3.8) is 0 Å². The third-order valence-corrected chi connectivity index (χ3v) is 3.42. The first-order chi connectivity index (χ1) is 8.67. The average Bonchev–Trinajstić information content (AvgIpc) is 2.79. The first-order valence-electron chi connectivity index (χ1n) is 6.36. The molecule has 1 fully saturated rings. The zero-order valence-electron chi connectivity index (χ0n) is 10.4. The van der Waals surface area contributed by atoms with E-state index in [1.807, 2.05) is 0 Å². The van der Waals surface area contributed by atoms with Crippen molar-refractivity contribution in [1.29, 1.82) is 0 Å². The van der Waals surface area contributed by atoms with Crippen molar-refractivity contribution < 1.29 is 9.18 Å². The van der Waals surface area contributed by atoms with E-state index in [1.54, 1.807) is 12.1 Å². The molecule has 3 nitrogen and oxygen atoms in total. The van der Waals surface area contributed by atoms with Crippen LogP contribution in [0.4, 0.5) is 4.39 Å². The summed E-state index contributed by atoms with van der Waals surface area (Å²) in [5.74, 6) is 0.444. The maximum absolute atomic E-state index is 12.7. The lowest BCUT2D eigenvalue weighted by Crippen LogP contribution is -2.29. The van der Waals surface area contributed by atoms with Crippen molar-refractivity contribution in [2.24, 2.45) is 11.7 Å². The fourth-order valence-corrected chi connectivity index (χ4v) is 2.38. The van der Waals surface area contributed by atoms with Crippen LogP contribution in [0.25, 0.3) is 0 Å². The Morgan fingerprint density at radius 2 is 2.11 bits per heavy atom. The van der Waals surface area contributed by atoms with Crippen molar-refractivity contribution in [1.82, 2.24) is 4.90 Å². The molecule has 98 valence electrons. The Hall–Kier alpha value is -1.26. The highest BCUT2D eigenvalue weighted by molar-refractivity contribution is 5.82. The van der Waals surface area contributed by atoms with Crippen molar-refractivity contribution in [2.45, 2.75) is 12.8 Å². The van der Waals surface area contributed by atoms with Crippen LogP contribution in [0.15, 0.2) is 24.3 Å². The lowest BCUT2D eigenvalue weighted by Gasteiger charge is -2.14. The van der Waals surface area contributed by atoms with Gasteiger partial charge < -0.3 is 5.73 Å². The van der Waals surface area contributed by atoms with E-state index in [0.29, 0.717) is 25.4 Å². The van der Waals surface area contributed by atoms with Crippen LogP contribution in [0.5, 0.6) is 0 Å². The predicted octanol–water partition coefficient (Wildman–Crippen LogP) is 1.22. The van der Waals surface area contributed by atoms with Gasteiger partial charge in [0.15, 0.2) is 5.78 Å². The molecule has 0 amide bonds. The molecule has 0 bridgehead atoms. The molecule has 18 heavy (non-hydrogen) atoms. The van der Waals surface area contributed by atoms with Gasteiger partial charge in [-0.2, -0.15) is 0 Å². The standard InChI is InChI=1S/C14H19FN2O/c15-13-3-1-11(2-4-13)7-14(18)10-17-6-5-12(8-16)9-17/h1-4,12H,5-10,16H2. The van der Waals surface area contributed by atoms with Crippen LogP contribution in [-0.2, 0) is 11.2 Å². The fourth-order valence-electron chi connectivity index (χ4n) is 2.38. The number of carbonyl (C=O) groups is 1. The maximum Gasteiger partial charge on any atom is 0.151 e. The molecule has 0 aliphatic carbocycles. The summed E-state index contributed by atoms with van der Waals surface area (Å²) < 4.78 is 12.7. The quantitative estimate of drug-likeness (QED) is 0.854. The summed E-state index contributed by atoms with van der Waals surface area (Å²) in [5, 5.41) is 0. The molecular weight excluding hydrogens is 231 g/mol. The molecule has 1 aromatic rings. The van der Waals surface area contributed by atoms with E-state index in [1.165, 1.54) is 12.1 Å². The van der Waals surface area contributed by atoms with Crippen LogP contribution in [-0.4, -0.2) is 36.9 Å². The summed E-state index contributed by atoms with van der Waals surface area (Å²) in [4.78, 5) is 14.0. The highest BCUT2D eigenvalue weighted by Crippen LogP contribution is 2.14. The number of hydrogen-bond acceptors (Lipinski definition) is 3. The number of likely N-dealkylation sites (tertiary alicyclic amines) is 1. The normalized spacial score (nSPS) is 20.2. The van der Waals surface area contributed by atoms with Crippen molar-refractivity contribution in [2.75, 3.05) is 26.2 Å². The van der Waals surface area contributed by atoms with Gasteiger partial charge in [-0.15, -0.1) is 0 Å². The Morgan fingerprint density at radius 3 is 2.72 bits per heavy atom. The molecule has 1 unspecified atom stereocenters. The molecule has 0 radical (unpaired) electrons. The van der Waals surface area contributed by atoms with Gasteiger partial charge in [0.05, 0.1) is 6.54 Å². The van der Waals surface area contributed by atoms with Crippen LogP contribution in [0.1, 0.15) is 12.0 Å². The van der Waals surface area contributed by atoms with Crippen LogP contribution >= 0.6 is 0 Å². The number of carbonyl (C=O) groups excluding carboxylic acids is 1. The average molecular weight is 250 g/mol. The molecule has 1 aliphatic heterocycles. The van der Waals surface area contributed by atoms with E-state index >= 15 is 0 Å². The number of ketones is 1. The monoisotopic (exact) mass is 250 g/mol. The molecule has 2 rings (SSSR count). The third kappa shape index (κ3) is 3.62. The zero-order valence-corrected chi connectivity index (χ0v) is 10.4. The number of benzene rings is 1. The van der Waals surface area contributed by atoms with E-state index in [2.05, 4.69) is 4.90 Å². The summed E-state index contributed by atoms with van der Waals surface area (Å²) in [6.45, 7) is 3.05. The van der Waals surface area contributed by atoms with E-state index in [9.17, 15) is 9.18 Å². The summed E-state index contributed by atoms with van der Waals surface area (Å²) >= 11 is 0. The number of Topliss-reactive ketones (excluding diaryl/α,β-unsaturated/α-hetero) is 1. The minimum absolute atomic E-state index is 0.180. The zero-order chi connectivity index (χ0) is 13.0. The summed E-state index contributed by atoms with van der Waals surface area (Å²) in [7, 11) is 0. The fraction of sp³-hybridized carbons (Fsp3) is 0.500. The highest BCUT2D eigenvalue weighted by atomic mass is 19.1. The third-order valence-electron chi connectivity index (χ3n) is 3.42. The number of halogens is 1. The van der Waals surface area contributed by atoms with Gasteiger partial charge in [-0.3, -0.25) is 9.69 Å². The Morgan fingerprint density at radius 1 is 1.39 bits per heavy atom. The van der Waals surface area contributed by atoms with Gasteiger partial charge >= 0.3 is 0 Å². The van der Waals surface area contributed by atoms with Gasteiger partial charge in [0.2, 0.25) is 0 Å². The van der Waals surface area contributed by atoms with E-state index < -0.39 is 0 Å². The molecule has 1 saturated heterocycles. The highest BCUT2D eigenvalue weighted by Gasteiger charge is 2.22. The molecule has 1 aromatic carbocycles. The second-order valence-electron chi connectivity index (χ2n) is 4.97. The number of rotatable bonds is 5. The minimum Gasteiger partial charge on any atom is -0.330 e. The molecule has 0 aromatic heterocycles. The second-order valence-corrected chi connectivity index (χ2v) is 4.97. The van der Waals surface area contributed by atoms with Gasteiger partial charge in [-0.25, -0.2) is 4.39 Å². The SMILES string of the molecule is NCC1CCN(CC(=O)Cc2ccc(F)cc2)C1. The molecule has 2 N–H and O–H groups in total. The molecule has 1 aliphatic rings. The lowest BCUT2D eigenvalue weighted by atomic mass is 10.1. The van der Waals surface area contributed by atoms with Crippen molar-refractivity contribution in [3.05, 3.63) is 35.6 Å². The Kier molecular flexibility index (Phi) is 4.44. The first kappa shape index (κ1) is 13.2. The lowest BCUT2D eigenvalue weighted by molar-refractivity contribution is -0.119. The van der Waals surface area contributed by atoms with Gasteiger partial charge in [0.1, 0.15) is 5.82 Å². The van der Waals surface area contributed by atoms with Gasteiger partial charge in [0.25, 0.3) is 0 Å². The maximum atomic E-state index is 12.7. The smallest absolute Gasteiger partial charge is 0.151 e. The van der Waals surface area contributed by atoms with E-state index in [4.69, 9.17) is 5.73 Å². The number of nitrogens with two attached hydrogens (primary N) is 1. The van der Waals surface area contributed by atoms with Gasteiger partial charge in [-0.1, -0.05) is 12.1 Å². The molecular formula is C14H19FN2O. The predicted molar refractivity (Wildman–Crippen MR) is 68.7 cm³/mol. The van der Waals surface area contributed by atoms with Crippen molar-refractivity contribution in [3.8, 4) is 0 Å². The number of nitrogens with zero attached hydrogens (tertiary/aromatic N) is 1. The van der Waals surface area contributed by atoms with E-state index in [0.717, 1.165) is 25.1 Å². The van der Waals surface area contributed by atoms with Gasteiger partial charge in [0, 0.05) is 13.0 Å². The number of hydrogen-bond donors (Lipinski definition) is 1. The van der Waals surface area contributed by atoms with Crippen LogP contribution < -0.4 is 5.73 Å². The van der Waals surface area contributed by atoms with Crippen LogP contribution in [0.2, 0.25) is 0 Å². The molecule has 0 spiro atoms. The Labute approximate surface area is 107 Å². The van der Waals surface area contributed by atoms with E-state index in [-0.39, 0.29) is 11.6 Å². The molecule has 1 heterocycles. The Balaban J connectivity index is 1.80. The summed E-state index contributed by atoms with van der Waals surface area (Å²) in [5.41, 5.74) is 6.49. The molecule has 0 saturated carbocycles. The summed E-state index contributed by atoms with van der Waals surface area (Å²) in [6.07, 6.45) is 1.46. The Bertz CT molecular complexity index is 405.